The Hall–Kier alpha value is -4.08. The van der Waals surface area contributed by atoms with Crippen LogP contribution in [0.1, 0.15) is 31.9 Å². The number of methoxy groups -OCH3 is 2. The molecule has 3 aromatic rings. The van der Waals surface area contributed by atoms with Gasteiger partial charge in [-0.3, -0.25) is 24.7 Å². The fraction of sp³-hybridized carbons (Fsp3) is 0.304. The molecule has 0 saturated carbocycles. The quantitative estimate of drug-likeness (QED) is 0.453. The molecule has 0 fully saturated rings. The molecule has 0 aliphatic rings. The van der Waals surface area contributed by atoms with Gasteiger partial charge in [0.1, 0.15) is 5.75 Å². The second kappa shape index (κ2) is 10.5. The summed E-state index contributed by atoms with van der Waals surface area (Å²) in [5, 5.41) is 5.66. The van der Waals surface area contributed by atoms with Gasteiger partial charge in [-0.1, -0.05) is 18.2 Å². The molecule has 33 heavy (non-hydrogen) atoms. The van der Waals surface area contributed by atoms with Crippen LogP contribution in [-0.2, 0) is 9.59 Å². The number of benzene rings is 2. The number of rotatable bonds is 9. The molecule has 1 unspecified atom stereocenters. The van der Waals surface area contributed by atoms with Crippen molar-refractivity contribution in [2.24, 2.45) is 0 Å². The number of fused-ring (bicyclic) bond motifs is 1. The summed E-state index contributed by atoms with van der Waals surface area (Å²) in [5.41, 5.74) is 0.546. The fourth-order valence-corrected chi connectivity index (χ4v) is 3.43. The van der Waals surface area contributed by atoms with E-state index in [-0.39, 0.29) is 23.7 Å². The van der Waals surface area contributed by atoms with E-state index >= 15 is 0 Å². The fourth-order valence-electron chi connectivity index (χ4n) is 3.43. The van der Waals surface area contributed by atoms with Gasteiger partial charge in [-0.25, -0.2) is 4.98 Å². The highest BCUT2D eigenvalue weighted by atomic mass is 16.5. The molecule has 0 radical (unpaired) electrons. The van der Waals surface area contributed by atoms with E-state index in [0.717, 1.165) is 0 Å². The van der Waals surface area contributed by atoms with Crippen LogP contribution in [0.4, 0.5) is 5.95 Å². The van der Waals surface area contributed by atoms with Crippen molar-refractivity contribution in [3.8, 4) is 17.2 Å². The van der Waals surface area contributed by atoms with Crippen molar-refractivity contribution in [3.05, 3.63) is 52.3 Å². The van der Waals surface area contributed by atoms with Gasteiger partial charge in [-0.2, -0.15) is 0 Å². The Kier molecular flexibility index (Phi) is 7.50. The molecule has 174 valence electrons. The van der Waals surface area contributed by atoms with Crippen molar-refractivity contribution in [2.75, 3.05) is 26.1 Å². The molecule has 2 amide bonds. The van der Waals surface area contributed by atoms with Gasteiger partial charge in [0, 0.05) is 18.6 Å². The molecule has 1 atom stereocenters. The number of aromatic amines is 1. The maximum atomic E-state index is 12.8. The molecule has 1 heterocycles. The minimum absolute atomic E-state index is 0.0237. The van der Waals surface area contributed by atoms with Crippen LogP contribution in [0.3, 0.4) is 0 Å². The Morgan fingerprint density at radius 3 is 2.45 bits per heavy atom. The first-order valence-electron chi connectivity index (χ1n) is 10.3. The van der Waals surface area contributed by atoms with Crippen LogP contribution in [0, 0.1) is 0 Å². The highest BCUT2D eigenvalue weighted by Gasteiger charge is 2.21. The molecule has 0 aliphatic carbocycles. The first-order valence-corrected chi connectivity index (χ1v) is 10.3. The molecule has 0 aliphatic heterocycles. The summed E-state index contributed by atoms with van der Waals surface area (Å²) in [4.78, 5) is 44.0. The van der Waals surface area contributed by atoms with E-state index in [4.69, 9.17) is 14.2 Å². The second-order valence-corrected chi connectivity index (χ2v) is 7.12. The second-order valence-electron chi connectivity index (χ2n) is 7.12. The normalized spacial score (nSPS) is 11.5. The number of anilines is 1. The van der Waals surface area contributed by atoms with Crippen LogP contribution < -0.4 is 30.4 Å². The summed E-state index contributed by atoms with van der Waals surface area (Å²) >= 11 is 0. The molecule has 3 N–H and O–H groups in total. The lowest BCUT2D eigenvalue weighted by Crippen LogP contribution is -2.30. The Bertz CT molecular complexity index is 1220. The highest BCUT2D eigenvalue weighted by Crippen LogP contribution is 2.30. The molecular formula is C23H26N4O6. The van der Waals surface area contributed by atoms with E-state index in [1.807, 2.05) is 13.0 Å². The zero-order valence-electron chi connectivity index (χ0n) is 18.9. The highest BCUT2D eigenvalue weighted by molar-refractivity contribution is 5.91. The van der Waals surface area contributed by atoms with Gasteiger partial charge in [-0.05, 0) is 19.1 Å². The number of aromatic nitrogens is 2. The Labute approximate surface area is 190 Å². The van der Waals surface area contributed by atoms with Crippen LogP contribution >= 0.6 is 0 Å². The number of nitrogens with one attached hydrogen (secondary N) is 3. The number of ether oxygens (including phenoxy) is 3. The molecule has 10 nitrogen and oxygen atoms in total. The third-order valence-electron chi connectivity index (χ3n) is 4.83. The van der Waals surface area contributed by atoms with Crippen molar-refractivity contribution < 1.29 is 23.8 Å². The summed E-state index contributed by atoms with van der Waals surface area (Å²) in [5.74, 6) is 0.591. The molecule has 2 aromatic carbocycles. The third-order valence-corrected chi connectivity index (χ3v) is 4.83. The van der Waals surface area contributed by atoms with Gasteiger partial charge < -0.3 is 19.5 Å². The zero-order chi connectivity index (χ0) is 24.0. The third kappa shape index (κ3) is 5.59. The standard InChI is InChI=1S/C23H26N4O6/c1-5-33-18-9-7-6-8-14(18)17(24-13(2)28)12-21(29)26-23-25-16-11-20(32-4)19(31-3)10-15(16)22(30)27-23/h6-11,17H,5,12H2,1-4H3,(H,24,28)(H2,25,26,27,29,30). The molecule has 10 heteroatoms. The SMILES string of the molecule is CCOc1ccccc1C(CC(=O)Nc1nc2cc(OC)c(OC)cc2c(=O)[nH]1)NC(C)=O. The van der Waals surface area contributed by atoms with E-state index in [2.05, 4.69) is 20.6 Å². The predicted octanol–water partition coefficient (Wildman–Crippen LogP) is 2.54. The summed E-state index contributed by atoms with van der Waals surface area (Å²) in [6.07, 6.45) is -0.0999. The van der Waals surface area contributed by atoms with Crippen molar-refractivity contribution in [1.29, 1.82) is 0 Å². The average Bonchev–Trinajstić information content (AvgIpc) is 2.78. The monoisotopic (exact) mass is 454 g/mol. The summed E-state index contributed by atoms with van der Waals surface area (Å²) in [6, 6.07) is 9.60. The number of amides is 2. The van der Waals surface area contributed by atoms with Crippen LogP contribution in [0.5, 0.6) is 17.2 Å². The summed E-state index contributed by atoms with van der Waals surface area (Å²) < 4.78 is 16.1. The van der Waals surface area contributed by atoms with Crippen LogP contribution in [0.25, 0.3) is 10.9 Å². The van der Waals surface area contributed by atoms with Gasteiger partial charge in [0.05, 0.1) is 44.2 Å². The predicted molar refractivity (Wildman–Crippen MR) is 123 cm³/mol. The molecule has 3 rings (SSSR count). The molecular weight excluding hydrogens is 428 g/mol. The number of carbonyl (C=O) groups excluding carboxylic acids is 2. The summed E-state index contributed by atoms with van der Waals surface area (Å²) in [6.45, 7) is 3.66. The lowest BCUT2D eigenvalue weighted by atomic mass is 10.0. The lowest BCUT2D eigenvalue weighted by molar-refractivity contribution is -0.120. The first-order chi connectivity index (χ1) is 15.9. The number of para-hydroxylation sites is 1. The van der Waals surface area contributed by atoms with E-state index < -0.39 is 17.5 Å². The van der Waals surface area contributed by atoms with Gasteiger partial charge in [0.15, 0.2) is 11.5 Å². The molecule has 0 spiro atoms. The number of H-pyrrole nitrogens is 1. The van der Waals surface area contributed by atoms with Crippen LogP contribution in [0.15, 0.2) is 41.2 Å². The maximum Gasteiger partial charge on any atom is 0.260 e. The number of hydrogen-bond acceptors (Lipinski definition) is 7. The van der Waals surface area contributed by atoms with Gasteiger partial charge >= 0.3 is 0 Å². The van der Waals surface area contributed by atoms with E-state index in [1.165, 1.54) is 27.2 Å². The van der Waals surface area contributed by atoms with Crippen molar-refractivity contribution in [2.45, 2.75) is 26.3 Å². The van der Waals surface area contributed by atoms with Gasteiger partial charge in [0.25, 0.3) is 5.56 Å². The van der Waals surface area contributed by atoms with Crippen molar-refractivity contribution in [1.82, 2.24) is 15.3 Å². The minimum atomic E-state index is -0.637. The Balaban J connectivity index is 1.87. The van der Waals surface area contributed by atoms with Gasteiger partial charge in [0.2, 0.25) is 17.8 Å². The largest absolute Gasteiger partial charge is 0.494 e. The van der Waals surface area contributed by atoms with E-state index in [1.54, 1.807) is 24.3 Å². The Morgan fingerprint density at radius 2 is 1.79 bits per heavy atom. The van der Waals surface area contributed by atoms with Crippen molar-refractivity contribution in [3.63, 3.8) is 0 Å². The van der Waals surface area contributed by atoms with E-state index in [0.29, 0.717) is 34.9 Å². The zero-order valence-corrected chi connectivity index (χ0v) is 18.9. The maximum absolute atomic E-state index is 12.8. The van der Waals surface area contributed by atoms with Crippen LogP contribution in [0.2, 0.25) is 0 Å². The van der Waals surface area contributed by atoms with Gasteiger partial charge in [-0.15, -0.1) is 0 Å². The Morgan fingerprint density at radius 1 is 1.09 bits per heavy atom. The number of carbonyl (C=O) groups is 2. The van der Waals surface area contributed by atoms with Crippen LogP contribution in [-0.4, -0.2) is 42.6 Å². The number of hydrogen-bond donors (Lipinski definition) is 3. The van der Waals surface area contributed by atoms with E-state index in [9.17, 15) is 14.4 Å². The molecule has 0 saturated heterocycles. The minimum Gasteiger partial charge on any atom is -0.494 e. The average molecular weight is 454 g/mol. The molecule has 1 aromatic heterocycles. The summed E-state index contributed by atoms with van der Waals surface area (Å²) in [7, 11) is 2.94. The topological polar surface area (TPSA) is 132 Å². The molecule has 0 bridgehead atoms. The lowest BCUT2D eigenvalue weighted by Gasteiger charge is -2.20. The number of nitrogens with zero attached hydrogens (tertiary/aromatic N) is 1. The smallest absolute Gasteiger partial charge is 0.260 e. The van der Waals surface area contributed by atoms with Crippen molar-refractivity contribution >= 4 is 28.7 Å². The first kappa shape index (κ1) is 23.6.